The predicted molar refractivity (Wildman–Crippen MR) is 110 cm³/mol. The standard InChI is InChI=1S/C21H24F3N3S/c1-2-16-6-8-19(9-7-16)25-20(28)27-12-10-26(11-13-27)15-17-4-3-5-18(14-17)21(22,23)24/h3-9,14H,2,10-13,15H2,1H3,(H,25,28). The van der Waals surface area contributed by atoms with Crippen molar-refractivity contribution in [2.45, 2.75) is 26.1 Å². The Morgan fingerprint density at radius 1 is 1.00 bits per heavy atom. The molecule has 1 heterocycles. The van der Waals surface area contributed by atoms with Crippen LogP contribution in [0.15, 0.2) is 48.5 Å². The monoisotopic (exact) mass is 407 g/mol. The van der Waals surface area contributed by atoms with Gasteiger partial charge in [-0.2, -0.15) is 13.2 Å². The van der Waals surface area contributed by atoms with E-state index >= 15 is 0 Å². The largest absolute Gasteiger partial charge is 0.416 e. The Kier molecular flexibility index (Phi) is 6.57. The van der Waals surface area contributed by atoms with Crippen LogP contribution in [0.2, 0.25) is 0 Å². The first-order valence-electron chi connectivity index (χ1n) is 9.38. The Labute approximate surface area is 169 Å². The Balaban J connectivity index is 1.50. The van der Waals surface area contributed by atoms with E-state index in [1.165, 1.54) is 17.7 Å². The maximum absolute atomic E-state index is 12.9. The third kappa shape index (κ3) is 5.45. The van der Waals surface area contributed by atoms with Gasteiger partial charge in [0.2, 0.25) is 0 Å². The summed E-state index contributed by atoms with van der Waals surface area (Å²) in [6, 6.07) is 13.8. The van der Waals surface area contributed by atoms with Crippen LogP contribution in [0.4, 0.5) is 18.9 Å². The number of aryl methyl sites for hydroxylation is 1. The highest BCUT2D eigenvalue weighted by Gasteiger charge is 2.30. The van der Waals surface area contributed by atoms with E-state index in [9.17, 15) is 13.2 Å². The summed E-state index contributed by atoms with van der Waals surface area (Å²) < 4.78 is 38.6. The van der Waals surface area contributed by atoms with Crippen LogP contribution >= 0.6 is 12.2 Å². The Hall–Kier alpha value is -2.12. The molecule has 0 radical (unpaired) electrons. The first-order valence-corrected chi connectivity index (χ1v) is 9.79. The average molecular weight is 408 g/mol. The molecule has 0 unspecified atom stereocenters. The Morgan fingerprint density at radius 2 is 1.68 bits per heavy atom. The number of hydrogen-bond acceptors (Lipinski definition) is 2. The average Bonchev–Trinajstić information content (AvgIpc) is 2.69. The number of hydrogen-bond donors (Lipinski definition) is 1. The number of nitrogens with one attached hydrogen (secondary N) is 1. The molecule has 1 aliphatic heterocycles. The van der Waals surface area contributed by atoms with Gasteiger partial charge in [-0.25, -0.2) is 0 Å². The van der Waals surface area contributed by atoms with E-state index in [4.69, 9.17) is 12.2 Å². The summed E-state index contributed by atoms with van der Waals surface area (Å²) in [6.45, 7) is 5.64. The second-order valence-electron chi connectivity index (χ2n) is 6.94. The molecule has 3 rings (SSSR count). The van der Waals surface area contributed by atoms with Crippen LogP contribution in [-0.2, 0) is 19.1 Å². The van der Waals surface area contributed by atoms with E-state index in [0.717, 1.165) is 44.4 Å². The minimum absolute atomic E-state index is 0.510. The molecule has 1 aliphatic rings. The molecule has 2 aromatic rings. The molecule has 0 spiro atoms. The zero-order valence-corrected chi connectivity index (χ0v) is 16.6. The lowest BCUT2D eigenvalue weighted by molar-refractivity contribution is -0.137. The van der Waals surface area contributed by atoms with E-state index < -0.39 is 11.7 Å². The van der Waals surface area contributed by atoms with Gasteiger partial charge in [0.1, 0.15) is 0 Å². The van der Waals surface area contributed by atoms with Crippen molar-refractivity contribution in [2.24, 2.45) is 0 Å². The number of alkyl halides is 3. The molecule has 7 heteroatoms. The summed E-state index contributed by atoms with van der Waals surface area (Å²) in [5.41, 5.74) is 2.33. The fourth-order valence-corrected chi connectivity index (χ4v) is 3.54. The van der Waals surface area contributed by atoms with Gasteiger partial charge >= 0.3 is 6.18 Å². The van der Waals surface area contributed by atoms with Gasteiger partial charge in [0.15, 0.2) is 5.11 Å². The molecule has 28 heavy (non-hydrogen) atoms. The Bertz CT molecular complexity index is 797. The number of benzene rings is 2. The van der Waals surface area contributed by atoms with Crippen molar-refractivity contribution in [2.75, 3.05) is 31.5 Å². The molecule has 0 amide bonds. The number of anilines is 1. The highest BCUT2D eigenvalue weighted by Crippen LogP contribution is 2.29. The fourth-order valence-electron chi connectivity index (χ4n) is 3.24. The quantitative estimate of drug-likeness (QED) is 0.735. The molecule has 1 fully saturated rings. The SMILES string of the molecule is CCc1ccc(NC(=S)N2CCN(Cc3cccc(C(F)(F)F)c3)CC2)cc1. The fraction of sp³-hybridized carbons (Fsp3) is 0.381. The summed E-state index contributed by atoms with van der Waals surface area (Å²) in [7, 11) is 0. The van der Waals surface area contributed by atoms with E-state index in [-0.39, 0.29) is 0 Å². The number of rotatable bonds is 4. The summed E-state index contributed by atoms with van der Waals surface area (Å²) in [6.07, 6.45) is -3.31. The number of piperazine rings is 1. The minimum Gasteiger partial charge on any atom is -0.346 e. The van der Waals surface area contributed by atoms with Crippen molar-refractivity contribution in [1.82, 2.24) is 9.80 Å². The summed E-state index contributed by atoms with van der Waals surface area (Å²) in [5.74, 6) is 0. The Morgan fingerprint density at radius 3 is 2.29 bits per heavy atom. The van der Waals surface area contributed by atoms with Gasteiger partial charge in [0, 0.05) is 38.4 Å². The predicted octanol–water partition coefficient (Wildman–Crippen LogP) is 4.78. The molecule has 150 valence electrons. The normalized spacial score (nSPS) is 15.5. The second kappa shape index (κ2) is 8.92. The molecule has 0 aliphatic carbocycles. The summed E-state index contributed by atoms with van der Waals surface area (Å²) >= 11 is 5.51. The first kappa shape index (κ1) is 20.6. The lowest BCUT2D eigenvalue weighted by atomic mass is 10.1. The van der Waals surface area contributed by atoms with Gasteiger partial charge in [-0.1, -0.05) is 37.3 Å². The molecule has 0 saturated carbocycles. The highest BCUT2D eigenvalue weighted by molar-refractivity contribution is 7.80. The van der Waals surface area contributed by atoms with Gasteiger partial charge < -0.3 is 10.2 Å². The summed E-state index contributed by atoms with van der Waals surface area (Å²) in [5, 5.41) is 3.95. The van der Waals surface area contributed by atoms with Crippen molar-refractivity contribution in [1.29, 1.82) is 0 Å². The van der Waals surface area contributed by atoms with Crippen molar-refractivity contribution in [3.63, 3.8) is 0 Å². The first-order chi connectivity index (χ1) is 13.3. The van der Waals surface area contributed by atoms with Crippen molar-refractivity contribution in [3.05, 3.63) is 65.2 Å². The maximum atomic E-state index is 12.9. The van der Waals surface area contributed by atoms with Crippen LogP contribution in [0.5, 0.6) is 0 Å². The van der Waals surface area contributed by atoms with Crippen LogP contribution in [-0.4, -0.2) is 41.1 Å². The van der Waals surface area contributed by atoms with Crippen LogP contribution in [0, 0.1) is 0 Å². The van der Waals surface area contributed by atoms with Crippen LogP contribution < -0.4 is 5.32 Å². The third-order valence-electron chi connectivity index (χ3n) is 4.93. The highest BCUT2D eigenvalue weighted by atomic mass is 32.1. The van der Waals surface area contributed by atoms with Gasteiger partial charge in [0.25, 0.3) is 0 Å². The molecule has 1 N–H and O–H groups in total. The van der Waals surface area contributed by atoms with Gasteiger partial charge in [-0.05, 0) is 48.0 Å². The number of halogens is 3. The lowest BCUT2D eigenvalue weighted by Crippen LogP contribution is -2.49. The zero-order chi connectivity index (χ0) is 20.1. The molecule has 0 atom stereocenters. The lowest BCUT2D eigenvalue weighted by Gasteiger charge is -2.36. The molecule has 2 aromatic carbocycles. The van der Waals surface area contributed by atoms with Gasteiger partial charge in [-0.15, -0.1) is 0 Å². The molecule has 1 saturated heterocycles. The number of thiocarbonyl (C=S) groups is 1. The third-order valence-corrected chi connectivity index (χ3v) is 5.29. The second-order valence-corrected chi connectivity index (χ2v) is 7.33. The van der Waals surface area contributed by atoms with Crippen LogP contribution in [0.3, 0.4) is 0 Å². The number of nitrogens with zero attached hydrogens (tertiary/aromatic N) is 2. The molecule has 0 bridgehead atoms. The van der Waals surface area contributed by atoms with E-state index in [1.54, 1.807) is 6.07 Å². The molecular weight excluding hydrogens is 383 g/mol. The summed E-state index contributed by atoms with van der Waals surface area (Å²) in [4.78, 5) is 4.26. The molecule has 0 aromatic heterocycles. The van der Waals surface area contributed by atoms with Crippen LogP contribution in [0.25, 0.3) is 0 Å². The van der Waals surface area contributed by atoms with Gasteiger partial charge in [-0.3, -0.25) is 4.90 Å². The van der Waals surface area contributed by atoms with Crippen molar-refractivity contribution in [3.8, 4) is 0 Å². The van der Waals surface area contributed by atoms with Crippen molar-refractivity contribution < 1.29 is 13.2 Å². The van der Waals surface area contributed by atoms with E-state index in [0.29, 0.717) is 17.2 Å². The molecular formula is C21H24F3N3S. The minimum atomic E-state index is -4.30. The van der Waals surface area contributed by atoms with Crippen molar-refractivity contribution >= 4 is 23.0 Å². The smallest absolute Gasteiger partial charge is 0.346 e. The maximum Gasteiger partial charge on any atom is 0.416 e. The van der Waals surface area contributed by atoms with Gasteiger partial charge in [0.05, 0.1) is 5.56 Å². The molecule has 3 nitrogen and oxygen atoms in total. The topological polar surface area (TPSA) is 18.5 Å². The zero-order valence-electron chi connectivity index (χ0n) is 15.8. The van der Waals surface area contributed by atoms with Crippen LogP contribution in [0.1, 0.15) is 23.6 Å². The van der Waals surface area contributed by atoms with E-state index in [2.05, 4.69) is 34.2 Å². The van der Waals surface area contributed by atoms with E-state index in [1.807, 2.05) is 12.1 Å².